The second-order valence-corrected chi connectivity index (χ2v) is 9.27. The van der Waals surface area contributed by atoms with E-state index in [4.69, 9.17) is 14.2 Å². The summed E-state index contributed by atoms with van der Waals surface area (Å²) < 4.78 is 18.2. The van der Waals surface area contributed by atoms with Crippen molar-refractivity contribution in [1.82, 2.24) is 9.47 Å². The second kappa shape index (κ2) is 10.6. The lowest BCUT2D eigenvalue weighted by molar-refractivity contribution is -0.119. The van der Waals surface area contributed by atoms with Crippen molar-refractivity contribution in [2.45, 2.75) is 12.0 Å². The van der Waals surface area contributed by atoms with E-state index < -0.39 is 12.0 Å². The van der Waals surface area contributed by atoms with Crippen LogP contribution in [0.4, 0.5) is 5.69 Å². The summed E-state index contributed by atoms with van der Waals surface area (Å²) in [5, 5.41) is 4.07. The number of amides is 2. The van der Waals surface area contributed by atoms with Crippen molar-refractivity contribution in [2.75, 3.05) is 39.8 Å². The van der Waals surface area contributed by atoms with Crippen molar-refractivity contribution in [3.63, 3.8) is 0 Å². The number of hydrogen-bond acceptors (Lipinski definition) is 5. The second-order valence-electron chi connectivity index (χ2n) is 9.27. The van der Waals surface area contributed by atoms with Gasteiger partial charge in [-0.25, -0.2) is 0 Å². The molecule has 0 saturated carbocycles. The molecule has 0 saturated heterocycles. The van der Waals surface area contributed by atoms with Gasteiger partial charge in [0.05, 0.1) is 32.8 Å². The molecule has 0 fully saturated rings. The number of nitrogens with zero attached hydrogens (tertiary/aromatic N) is 2. The number of carbonyl (C=O) groups is 2. The number of nitrogens with one attached hydrogen (secondary N) is 1. The van der Waals surface area contributed by atoms with Crippen LogP contribution in [0.3, 0.4) is 0 Å². The Labute approximate surface area is 221 Å². The van der Waals surface area contributed by atoms with Crippen LogP contribution in [0, 0.1) is 0 Å². The first kappa shape index (κ1) is 25.4. The van der Waals surface area contributed by atoms with E-state index in [0.29, 0.717) is 41.5 Å². The first-order valence-electron chi connectivity index (χ1n) is 12.4. The summed E-state index contributed by atoms with van der Waals surface area (Å²) in [4.78, 5) is 29.8. The molecule has 8 heteroatoms. The molecule has 2 unspecified atom stereocenters. The van der Waals surface area contributed by atoms with Crippen molar-refractivity contribution in [2.24, 2.45) is 7.05 Å². The van der Waals surface area contributed by atoms with Gasteiger partial charge in [-0.15, -0.1) is 0 Å². The van der Waals surface area contributed by atoms with Crippen molar-refractivity contribution in [1.29, 1.82) is 0 Å². The molecule has 0 radical (unpaired) electrons. The van der Waals surface area contributed by atoms with E-state index in [1.54, 1.807) is 50.5 Å². The molecule has 2 heterocycles. The van der Waals surface area contributed by atoms with Crippen LogP contribution in [0.2, 0.25) is 0 Å². The fraction of sp³-hybridized carbons (Fsp3) is 0.267. The number of benzene rings is 3. The summed E-state index contributed by atoms with van der Waals surface area (Å²) in [5.74, 6) is 0.0678. The fourth-order valence-electron chi connectivity index (χ4n) is 5.40. The van der Waals surface area contributed by atoms with Crippen molar-refractivity contribution in [3.8, 4) is 11.5 Å². The molecule has 1 aliphatic rings. The van der Waals surface area contributed by atoms with Crippen molar-refractivity contribution >= 4 is 28.4 Å². The Morgan fingerprint density at radius 3 is 2.42 bits per heavy atom. The van der Waals surface area contributed by atoms with Gasteiger partial charge >= 0.3 is 0 Å². The van der Waals surface area contributed by atoms with Gasteiger partial charge < -0.3 is 29.0 Å². The lowest BCUT2D eigenvalue weighted by Crippen LogP contribution is -2.47. The van der Waals surface area contributed by atoms with Gasteiger partial charge in [-0.2, -0.15) is 0 Å². The summed E-state index contributed by atoms with van der Waals surface area (Å²) in [5.41, 5.74) is 3.73. The quantitative estimate of drug-likeness (QED) is 0.367. The molecule has 1 aromatic heterocycles. The summed E-state index contributed by atoms with van der Waals surface area (Å²) in [6.45, 7) is 0.691. The van der Waals surface area contributed by atoms with Crippen LogP contribution in [0.25, 0.3) is 10.9 Å². The minimum Gasteiger partial charge on any atom is -0.493 e. The number of anilines is 1. The first-order chi connectivity index (χ1) is 18.5. The maximum absolute atomic E-state index is 14.2. The molecular formula is C30H31N3O5. The average molecular weight is 514 g/mol. The highest BCUT2D eigenvalue weighted by molar-refractivity contribution is 6.05. The van der Waals surface area contributed by atoms with Crippen LogP contribution in [-0.2, 0) is 16.6 Å². The Hall–Kier alpha value is -4.30. The number of para-hydroxylation sites is 1. The molecule has 0 aliphatic carbocycles. The molecule has 2 atom stereocenters. The van der Waals surface area contributed by atoms with Crippen LogP contribution in [0.5, 0.6) is 11.5 Å². The molecule has 0 spiro atoms. The third-order valence-electron chi connectivity index (χ3n) is 7.15. The Balaban J connectivity index is 1.66. The van der Waals surface area contributed by atoms with Crippen molar-refractivity contribution < 1.29 is 23.8 Å². The summed E-state index contributed by atoms with van der Waals surface area (Å²) in [7, 11) is 6.70. The predicted molar refractivity (Wildman–Crippen MR) is 146 cm³/mol. The van der Waals surface area contributed by atoms with E-state index >= 15 is 0 Å². The molecule has 1 aliphatic heterocycles. The van der Waals surface area contributed by atoms with Gasteiger partial charge in [0, 0.05) is 60.7 Å². The van der Waals surface area contributed by atoms with Crippen LogP contribution in [0.1, 0.15) is 33.4 Å². The van der Waals surface area contributed by atoms with Crippen LogP contribution in [0.15, 0.2) is 72.9 Å². The average Bonchev–Trinajstić information content (AvgIpc) is 3.28. The Bertz CT molecular complexity index is 1490. The highest BCUT2D eigenvalue weighted by Gasteiger charge is 2.45. The summed E-state index contributed by atoms with van der Waals surface area (Å²) in [6.07, 6.45) is 2.02. The van der Waals surface area contributed by atoms with E-state index in [0.717, 1.165) is 16.5 Å². The molecular weight excluding hydrogens is 482 g/mol. The number of aryl methyl sites for hydroxylation is 1. The van der Waals surface area contributed by atoms with Gasteiger partial charge in [0.15, 0.2) is 11.5 Å². The van der Waals surface area contributed by atoms with Gasteiger partial charge in [0.2, 0.25) is 5.91 Å². The monoisotopic (exact) mass is 513 g/mol. The molecule has 2 amide bonds. The van der Waals surface area contributed by atoms with Gasteiger partial charge in [0.25, 0.3) is 5.91 Å². The van der Waals surface area contributed by atoms with E-state index in [1.165, 1.54) is 0 Å². The summed E-state index contributed by atoms with van der Waals surface area (Å²) in [6, 6.07) is 20.1. The molecule has 3 aromatic carbocycles. The minimum atomic E-state index is -0.667. The Morgan fingerprint density at radius 1 is 0.921 bits per heavy atom. The third kappa shape index (κ3) is 4.37. The van der Waals surface area contributed by atoms with E-state index in [9.17, 15) is 9.59 Å². The zero-order valence-electron chi connectivity index (χ0n) is 21.9. The zero-order valence-corrected chi connectivity index (χ0v) is 21.9. The molecule has 196 valence electrons. The number of aromatic nitrogens is 1. The van der Waals surface area contributed by atoms with Crippen molar-refractivity contribution in [3.05, 3.63) is 89.6 Å². The number of ether oxygens (including phenoxy) is 3. The Kier molecular flexibility index (Phi) is 7.07. The normalized spacial score (nSPS) is 16.8. The molecule has 8 nitrogen and oxygen atoms in total. The molecule has 0 bridgehead atoms. The summed E-state index contributed by atoms with van der Waals surface area (Å²) >= 11 is 0. The number of fused-ring (bicyclic) bond motifs is 2. The maximum atomic E-state index is 14.2. The van der Waals surface area contributed by atoms with E-state index in [2.05, 4.69) is 5.32 Å². The van der Waals surface area contributed by atoms with Gasteiger partial charge in [-0.3, -0.25) is 9.59 Å². The molecule has 5 rings (SSSR count). The third-order valence-corrected chi connectivity index (χ3v) is 7.15. The van der Waals surface area contributed by atoms with Gasteiger partial charge in [-0.1, -0.05) is 36.4 Å². The minimum absolute atomic E-state index is 0.120. The topological polar surface area (TPSA) is 82.0 Å². The zero-order chi connectivity index (χ0) is 26.8. The van der Waals surface area contributed by atoms with Crippen LogP contribution >= 0.6 is 0 Å². The van der Waals surface area contributed by atoms with Gasteiger partial charge in [0.1, 0.15) is 0 Å². The largest absolute Gasteiger partial charge is 0.493 e. The van der Waals surface area contributed by atoms with Gasteiger partial charge in [-0.05, 0) is 29.8 Å². The standard InChI is InChI=1S/C30H31N3O5/c1-32-18-23(20-9-7-8-12-24(20)32)28-27(29(34)31-19-13-14-25(37-3)26(17-19)38-4)21-10-5-6-11-22(21)30(35)33(28)15-16-36-2/h5-14,17-18,27-28H,15-16H2,1-4H3,(H,31,34). The number of methoxy groups -OCH3 is 3. The molecule has 4 aromatic rings. The number of rotatable bonds is 8. The predicted octanol–water partition coefficient (Wildman–Crippen LogP) is 4.76. The maximum Gasteiger partial charge on any atom is 0.254 e. The molecule has 1 N–H and O–H groups in total. The Morgan fingerprint density at radius 2 is 1.66 bits per heavy atom. The highest BCUT2D eigenvalue weighted by Crippen LogP contribution is 2.45. The number of carbonyl (C=O) groups excluding carboxylic acids is 2. The lowest BCUT2D eigenvalue weighted by atomic mass is 9.79. The van der Waals surface area contributed by atoms with E-state index in [1.807, 2.05) is 60.3 Å². The fourth-order valence-corrected chi connectivity index (χ4v) is 5.40. The SMILES string of the molecule is COCCN1C(=O)c2ccccc2C(C(=O)Nc2ccc(OC)c(OC)c2)C1c1cn(C)c2ccccc12. The number of hydrogen-bond donors (Lipinski definition) is 1. The molecule has 38 heavy (non-hydrogen) atoms. The van der Waals surface area contributed by atoms with Crippen LogP contribution in [-0.4, -0.2) is 55.8 Å². The lowest BCUT2D eigenvalue weighted by Gasteiger charge is -2.41. The smallest absolute Gasteiger partial charge is 0.254 e. The van der Waals surface area contributed by atoms with Crippen LogP contribution < -0.4 is 14.8 Å². The first-order valence-corrected chi connectivity index (χ1v) is 12.4. The van der Waals surface area contributed by atoms with E-state index in [-0.39, 0.29) is 11.8 Å². The highest BCUT2D eigenvalue weighted by atomic mass is 16.5.